The fourth-order valence-corrected chi connectivity index (χ4v) is 3.70. The maximum absolute atomic E-state index is 4.06. The van der Waals surface area contributed by atoms with Gasteiger partial charge in [0.2, 0.25) is 0 Å². The van der Waals surface area contributed by atoms with Crippen molar-refractivity contribution >= 4 is 8.07 Å². The third-order valence-electron chi connectivity index (χ3n) is 3.04. The van der Waals surface area contributed by atoms with Gasteiger partial charge in [0.05, 0.1) is 0 Å². The first-order valence-corrected chi connectivity index (χ1v) is 8.42. The molecule has 0 aromatic rings. The second kappa shape index (κ2) is 4.87. The van der Waals surface area contributed by atoms with Gasteiger partial charge in [0, 0.05) is 0 Å². The van der Waals surface area contributed by atoms with Crippen LogP contribution in [0.1, 0.15) is 26.2 Å². The summed E-state index contributed by atoms with van der Waals surface area (Å²) in [5, 5.41) is 0. The standard InChI is InChI=1S/C11H21Si.Li/c1-9(2)10-6-7-11(8-10)12(3,4)5;/h10H,1,6-8H2,2-5H3;/q-1;+1. The van der Waals surface area contributed by atoms with E-state index in [4.69, 9.17) is 0 Å². The van der Waals surface area contributed by atoms with Gasteiger partial charge in [-0.3, -0.25) is 0 Å². The van der Waals surface area contributed by atoms with E-state index in [2.05, 4.69) is 33.1 Å². The fraction of sp³-hybridized carbons (Fsp3) is 0.727. The van der Waals surface area contributed by atoms with Crippen molar-refractivity contribution in [1.82, 2.24) is 0 Å². The molecule has 1 aliphatic carbocycles. The van der Waals surface area contributed by atoms with Crippen molar-refractivity contribution in [3.8, 4) is 0 Å². The van der Waals surface area contributed by atoms with Crippen molar-refractivity contribution in [3.63, 3.8) is 0 Å². The van der Waals surface area contributed by atoms with E-state index in [1.54, 1.807) is 0 Å². The van der Waals surface area contributed by atoms with Crippen LogP contribution in [0.3, 0.4) is 0 Å². The number of rotatable bonds is 2. The molecule has 0 nitrogen and oxygen atoms in total. The van der Waals surface area contributed by atoms with E-state index >= 15 is 0 Å². The Labute approximate surface area is 96.4 Å². The quantitative estimate of drug-likeness (QED) is 0.342. The molecule has 0 amide bonds. The van der Waals surface area contributed by atoms with Gasteiger partial charge < -0.3 is 5.54 Å². The third kappa shape index (κ3) is 3.66. The van der Waals surface area contributed by atoms with Crippen molar-refractivity contribution in [1.29, 1.82) is 0 Å². The van der Waals surface area contributed by atoms with Gasteiger partial charge in [0.15, 0.2) is 0 Å². The van der Waals surface area contributed by atoms with Gasteiger partial charge in [-0.2, -0.15) is 12.8 Å². The molecule has 1 rings (SSSR count). The number of hydrogen-bond donors (Lipinski definition) is 0. The fourth-order valence-electron chi connectivity index (χ4n) is 1.95. The average Bonchev–Trinajstić information content (AvgIpc) is 2.30. The molecule has 0 N–H and O–H groups in total. The zero-order valence-electron chi connectivity index (χ0n) is 9.91. The van der Waals surface area contributed by atoms with E-state index in [0.717, 1.165) is 5.92 Å². The Morgan fingerprint density at radius 2 is 1.92 bits per heavy atom. The second-order valence-electron chi connectivity index (χ2n) is 5.14. The van der Waals surface area contributed by atoms with Crippen LogP contribution >= 0.6 is 0 Å². The number of hydrogen-bond acceptors (Lipinski definition) is 0. The van der Waals surface area contributed by atoms with Crippen LogP contribution in [0.25, 0.3) is 0 Å². The smallest absolute Gasteiger partial charge is 0.312 e. The van der Waals surface area contributed by atoms with Crippen LogP contribution in [-0.2, 0) is 0 Å². The van der Waals surface area contributed by atoms with Crippen LogP contribution in [-0.4, -0.2) is 8.07 Å². The molecular weight excluding hydrogens is 167 g/mol. The zero-order valence-corrected chi connectivity index (χ0v) is 10.9. The summed E-state index contributed by atoms with van der Waals surface area (Å²) in [4.78, 5) is 0. The SMILES string of the molecule is C=C(C)C1CC[C-]([Si](C)(C)C)C1.[Li+]. The first kappa shape index (κ1) is 13.6. The minimum absolute atomic E-state index is 0. The molecule has 0 aromatic heterocycles. The second-order valence-corrected chi connectivity index (χ2v) is 10.3. The predicted octanol–water partition coefficient (Wildman–Crippen LogP) is 0.818. The van der Waals surface area contributed by atoms with Crippen molar-refractivity contribution in [3.05, 3.63) is 17.7 Å². The summed E-state index contributed by atoms with van der Waals surface area (Å²) >= 11 is 0. The summed E-state index contributed by atoms with van der Waals surface area (Å²) in [7, 11) is -0.936. The maximum Gasteiger partial charge on any atom is 1.00 e. The van der Waals surface area contributed by atoms with Gasteiger partial charge >= 0.3 is 18.9 Å². The van der Waals surface area contributed by atoms with Gasteiger partial charge in [0.1, 0.15) is 0 Å². The summed E-state index contributed by atoms with van der Waals surface area (Å²) in [6.45, 7) is 13.6. The molecule has 1 unspecified atom stereocenters. The first-order chi connectivity index (χ1) is 5.41. The van der Waals surface area contributed by atoms with Crippen LogP contribution in [0.4, 0.5) is 0 Å². The largest absolute Gasteiger partial charge is 1.00 e. The van der Waals surface area contributed by atoms with E-state index in [9.17, 15) is 0 Å². The summed E-state index contributed by atoms with van der Waals surface area (Å²) < 4.78 is 0. The molecule has 0 aliphatic heterocycles. The Morgan fingerprint density at radius 1 is 1.38 bits per heavy atom. The minimum atomic E-state index is -0.936. The van der Waals surface area contributed by atoms with E-state index in [0.29, 0.717) is 0 Å². The summed E-state index contributed by atoms with van der Waals surface area (Å²) in [6, 6.07) is 0. The molecule has 1 fully saturated rings. The summed E-state index contributed by atoms with van der Waals surface area (Å²) in [6.07, 6.45) is 4.10. The topological polar surface area (TPSA) is 0 Å². The molecule has 13 heavy (non-hydrogen) atoms. The Hall–Kier alpha value is 0.554. The van der Waals surface area contributed by atoms with E-state index < -0.39 is 8.07 Å². The molecule has 1 atom stereocenters. The molecule has 0 spiro atoms. The molecule has 0 aromatic carbocycles. The molecule has 2 heteroatoms. The van der Waals surface area contributed by atoms with Gasteiger partial charge in [-0.05, 0) is 6.92 Å². The Kier molecular flexibility index (Phi) is 5.08. The summed E-state index contributed by atoms with van der Waals surface area (Å²) in [5.74, 6) is 0.812. The Morgan fingerprint density at radius 3 is 2.15 bits per heavy atom. The van der Waals surface area contributed by atoms with Gasteiger partial charge in [0.25, 0.3) is 0 Å². The van der Waals surface area contributed by atoms with Crippen LogP contribution in [0.15, 0.2) is 12.2 Å². The van der Waals surface area contributed by atoms with E-state index in [-0.39, 0.29) is 18.9 Å². The average molecular weight is 188 g/mol. The molecule has 0 bridgehead atoms. The molecule has 0 heterocycles. The van der Waals surface area contributed by atoms with Crippen LogP contribution in [0.5, 0.6) is 0 Å². The van der Waals surface area contributed by atoms with Crippen LogP contribution < -0.4 is 18.9 Å². The number of allylic oxidation sites excluding steroid dienone is 1. The molecule has 0 saturated heterocycles. The molecule has 70 valence electrons. The maximum atomic E-state index is 4.06. The zero-order chi connectivity index (χ0) is 9.35. The van der Waals surface area contributed by atoms with Gasteiger partial charge in [-0.25, -0.2) is 0 Å². The van der Waals surface area contributed by atoms with Crippen molar-refractivity contribution in [2.45, 2.75) is 45.8 Å². The van der Waals surface area contributed by atoms with E-state index in [1.807, 2.05) is 5.54 Å². The summed E-state index contributed by atoms with van der Waals surface area (Å²) in [5.41, 5.74) is 3.26. The molecule has 0 radical (unpaired) electrons. The molecule has 1 aliphatic rings. The van der Waals surface area contributed by atoms with Crippen molar-refractivity contribution < 1.29 is 18.9 Å². The Balaban J connectivity index is 0.00000144. The van der Waals surface area contributed by atoms with Gasteiger partial charge in [-0.1, -0.05) is 52.2 Å². The van der Waals surface area contributed by atoms with Crippen LogP contribution in [0.2, 0.25) is 19.6 Å². The Bertz CT molecular complexity index is 181. The molecular formula is C11H21LiSi. The monoisotopic (exact) mass is 188 g/mol. The minimum Gasteiger partial charge on any atom is -0.312 e. The predicted molar refractivity (Wildman–Crippen MR) is 58.7 cm³/mol. The first-order valence-electron chi connectivity index (χ1n) is 4.92. The van der Waals surface area contributed by atoms with Crippen LogP contribution in [0, 0.1) is 11.5 Å². The normalized spacial score (nSPS) is 24.2. The van der Waals surface area contributed by atoms with E-state index in [1.165, 1.54) is 24.8 Å². The molecule has 1 saturated carbocycles. The van der Waals surface area contributed by atoms with Gasteiger partial charge in [-0.15, -0.1) is 0 Å². The third-order valence-corrected chi connectivity index (χ3v) is 5.62. The van der Waals surface area contributed by atoms with Crippen molar-refractivity contribution in [2.75, 3.05) is 0 Å². The van der Waals surface area contributed by atoms with Crippen molar-refractivity contribution in [2.24, 2.45) is 5.92 Å².